The number of methoxy groups -OCH3 is 2. The summed E-state index contributed by atoms with van der Waals surface area (Å²) in [5, 5.41) is 14.0. The minimum Gasteiger partial charge on any atom is -0.497 e. The van der Waals surface area contributed by atoms with Crippen LogP contribution in [0.15, 0.2) is 53.3 Å². The molecule has 38 heavy (non-hydrogen) atoms. The maximum absolute atomic E-state index is 13.6. The van der Waals surface area contributed by atoms with Crippen LogP contribution in [0.5, 0.6) is 11.5 Å². The standard InChI is InChI=1S/C28H33N7O3/c1-37-22-11-8-20(9-12-22)33-13-15-34(16-14-33)26(27-30-31-32-35(27)21-5-3-4-6-21)24-17-19-7-10-23(38-2)18-25(19)29-28(24)36/h7-12,17-18,21,26H,3-6,13-16H2,1-2H3,(H,29,36)/t26-/m1/s1. The molecule has 1 saturated carbocycles. The fourth-order valence-electron chi connectivity index (χ4n) is 5.85. The van der Waals surface area contributed by atoms with Crippen LogP contribution in [0.25, 0.3) is 10.9 Å². The Morgan fingerprint density at radius 1 is 0.921 bits per heavy atom. The molecule has 2 fully saturated rings. The van der Waals surface area contributed by atoms with Crippen LogP contribution >= 0.6 is 0 Å². The van der Waals surface area contributed by atoms with Gasteiger partial charge in [0.25, 0.3) is 5.56 Å². The predicted molar refractivity (Wildman–Crippen MR) is 145 cm³/mol. The normalized spacial score (nSPS) is 17.7. The largest absolute Gasteiger partial charge is 0.497 e. The van der Waals surface area contributed by atoms with Gasteiger partial charge in [0, 0.05) is 43.5 Å². The molecule has 2 aromatic carbocycles. The number of hydrogen-bond acceptors (Lipinski definition) is 8. The molecule has 1 saturated heterocycles. The number of tetrazole rings is 1. The van der Waals surface area contributed by atoms with Gasteiger partial charge in [-0.25, -0.2) is 4.68 Å². The van der Waals surface area contributed by atoms with Gasteiger partial charge >= 0.3 is 0 Å². The third-order valence-corrected chi connectivity index (χ3v) is 7.93. The average Bonchev–Trinajstić information content (AvgIpc) is 3.66. The van der Waals surface area contributed by atoms with E-state index in [1.54, 1.807) is 14.2 Å². The summed E-state index contributed by atoms with van der Waals surface area (Å²) in [5.41, 5.74) is 2.44. The predicted octanol–water partition coefficient (Wildman–Crippen LogP) is 3.56. The van der Waals surface area contributed by atoms with Gasteiger partial charge in [0.15, 0.2) is 5.82 Å². The third kappa shape index (κ3) is 4.60. The van der Waals surface area contributed by atoms with Crippen molar-refractivity contribution in [1.82, 2.24) is 30.1 Å². The number of aromatic amines is 1. The molecule has 3 heterocycles. The molecule has 0 amide bonds. The van der Waals surface area contributed by atoms with Crippen molar-refractivity contribution in [3.8, 4) is 11.5 Å². The number of nitrogens with one attached hydrogen (secondary N) is 1. The van der Waals surface area contributed by atoms with Crippen molar-refractivity contribution in [2.24, 2.45) is 0 Å². The number of ether oxygens (including phenoxy) is 2. The van der Waals surface area contributed by atoms with Gasteiger partial charge in [-0.05, 0) is 71.1 Å². The second kappa shape index (κ2) is 10.4. The van der Waals surface area contributed by atoms with E-state index in [2.05, 4.69) is 42.4 Å². The molecule has 0 unspecified atom stereocenters. The van der Waals surface area contributed by atoms with Crippen molar-refractivity contribution in [1.29, 1.82) is 0 Å². The molecule has 1 atom stereocenters. The Morgan fingerprint density at radius 2 is 1.63 bits per heavy atom. The number of piperazine rings is 1. The Kier molecular flexibility index (Phi) is 6.71. The molecule has 1 N–H and O–H groups in total. The van der Waals surface area contributed by atoms with Crippen LogP contribution in [0.1, 0.15) is 49.2 Å². The van der Waals surface area contributed by atoms with E-state index in [9.17, 15) is 4.79 Å². The number of fused-ring (bicyclic) bond motifs is 1. The first-order valence-corrected chi connectivity index (χ1v) is 13.3. The molecule has 10 nitrogen and oxygen atoms in total. The zero-order valence-corrected chi connectivity index (χ0v) is 21.8. The summed E-state index contributed by atoms with van der Waals surface area (Å²) in [4.78, 5) is 21.4. The van der Waals surface area contributed by atoms with Crippen molar-refractivity contribution in [3.05, 3.63) is 70.3 Å². The monoisotopic (exact) mass is 515 g/mol. The molecule has 1 aliphatic heterocycles. The number of benzene rings is 2. The SMILES string of the molecule is COc1ccc(N2CCN([C@H](c3cc4ccc(OC)cc4[nH]c3=O)c3nnnn3C3CCCC3)CC2)cc1. The summed E-state index contributed by atoms with van der Waals surface area (Å²) < 4.78 is 12.6. The van der Waals surface area contributed by atoms with Crippen LogP contribution in [-0.4, -0.2) is 70.5 Å². The lowest BCUT2D eigenvalue weighted by atomic mass is 10.0. The summed E-state index contributed by atoms with van der Waals surface area (Å²) in [6.45, 7) is 3.20. The molecular formula is C28H33N7O3. The van der Waals surface area contributed by atoms with Crippen LogP contribution in [0.4, 0.5) is 5.69 Å². The van der Waals surface area contributed by atoms with Crippen LogP contribution in [0, 0.1) is 0 Å². The van der Waals surface area contributed by atoms with Gasteiger partial charge in [-0.15, -0.1) is 5.10 Å². The molecule has 10 heteroatoms. The molecule has 0 radical (unpaired) electrons. The van der Waals surface area contributed by atoms with Crippen molar-refractivity contribution >= 4 is 16.6 Å². The number of rotatable bonds is 7. The molecule has 4 aromatic rings. The van der Waals surface area contributed by atoms with Crippen molar-refractivity contribution in [2.45, 2.75) is 37.8 Å². The highest BCUT2D eigenvalue weighted by Crippen LogP contribution is 2.34. The van der Waals surface area contributed by atoms with Gasteiger partial charge < -0.3 is 19.4 Å². The number of pyridine rings is 1. The van der Waals surface area contributed by atoms with E-state index in [1.807, 2.05) is 41.1 Å². The summed E-state index contributed by atoms with van der Waals surface area (Å²) in [6, 6.07) is 15.8. The lowest BCUT2D eigenvalue weighted by Crippen LogP contribution is -2.49. The minimum absolute atomic E-state index is 0.130. The van der Waals surface area contributed by atoms with Crippen molar-refractivity contribution in [2.75, 3.05) is 45.3 Å². The maximum Gasteiger partial charge on any atom is 0.253 e. The van der Waals surface area contributed by atoms with Crippen LogP contribution < -0.4 is 19.9 Å². The molecule has 1 aliphatic carbocycles. The molecule has 0 bridgehead atoms. The van der Waals surface area contributed by atoms with Crippen LogP contribution in [-0.2, 0) is 0 Å². The summed E-state index contributed by atoms with van der Waals surface area (Å²) in [7, 11) is 3.30. The Hall–Kier alpha value is -3.92. The first-order chi connectivity index (χ1) is 18.6. The second-order valence-corrected chi connectivity index (χ2v) is 10.1. The average molecular weight is 516 g/mol. The number of aromatic nitrogens is 5. The summed E-state index contributed by atoms with van der Waals surface area (Å²) >= 11 is 0. The van der Waals surface area contributed by atoms with Gasteiger partial charge in [0.05, 0.1) is 25.8 Å². The topological polar surface area (TPSA) is 101 Å². The molecule has 6 rings (SSSR count). The van der Waals surface area contributed by atoms with Gasteiger partial charge in [-0.1, -0.05) is 12.8 Å². The number of nitrogens with zero attached hydrogens (tertiary/aromatic N) is 6. The highest BCUT2D eigenvalue weighted by atomic mass is 16.5. The van der Waals surface area contributed by atoms with Crippen molar-refractivity contribution < 1.29 is 9.47 Å². The summed E-state index contributed by atoms with van der Waals surface area (Å²) in [5.74, 6) is 2.30. The third-order valence-electron chi connectivity index (χ3n) is 7.93. The first kappa shape index (κ1) is 24.4. The van der Waals surface area contributed by atoms with E-state index < -0.39 is 0 Å². The van der Waals surface area contributed by atoms with E-state index in [-0.39, 0.29) is 17.6 Å². The fraction of sp³-hybridized carbons (Fsp3) is 0.429. The highest BCUT2D eigenvalue weighted by Gasteiger charge is 2.34. The zero-order valence-electron chi connectivity index (χ0n) is 21.8. The Morgan fingerprint density at radius 3 is 2.34 bits per heavy atom. The van der Waals surface area contributed by atoms with Gasteiger partial charge in [-0.3, -0.25) is 9.69 Å². The van der Waals surface area contributed by atoms with Crippen LogP contribution in [0.2, 0.25) is 0 Å². The second-order valence-electron chi connectivity index (χ2n) is 10.1. The first-order valence-electron chi connectivity index (χ1n) is 13.3. The Bertz CT molecular complexity index is 1450. The fourth-order valence-corrected chi connectivity index (χ4v) is 5.85. The van der Waals surface area contributed by atoms with E-state index in [4.69, 9.17) is 9.47 Å². The minimum atomic E-state index is -0.348. The maximum atomic E-state index is 13.6. The van der Waals surface area contributed by atoms with E-state index >= 15 is 0 Å². The zero-order chi connectivity index (χ0) is 26.1. The van der Waals surface area contributed by atoms with Crippen molar-refractivity contribution in [3.63, 3.8) is 0 Å². The van der Waals surface area contributed by atoms with E-state index in [1.165, 1.54) is 12.8 Å². The molecular weight excluding hydrogens is 482 g/mol. The lowest BCUT2D eigenvalue weighted by Gasteiger charge is -2.39. The van der Waals surface area contributed by atoms with Crippen LogP contribution in [0.3, 0.4) is 0 Å². The number of H-pyrrole nitrogens is 1. The van der Waals surface area contributed by atoms with E-state index in [0.717, 1.165) is 67.2 Å². The Balaban J connectivity index is 1.36. The molecule has 0 spiro atoms. The van der Waals surface area contributed by atoms with E-state index in [0.29, 0.717) is 11.3 Å². The van der Waals surface area contributed by atoms with Gasteiger partial charge in [0.2, 0.25) is 0 Å². The number of anilines is 1. The van der Waals surface area contributed by atoms with Gasteiger partial charge in [-0.2, -0.15) is 0 Å². The lowest BCUT2D eigenvalue weighted by molar-refractivity contribution is 0.197. The molecule has 2 aromatic heterocycles. The highest BCUT2D eigenvalue weighted by molar-refractivity contribution is 5.80. The Labute approximate surface area is 221 Å². The molecule has 198 valence electrons. The van der Waals surface area contributed by atoms with Gasteiger partial charge in [0.1, 0.15) is 17.5 Å². The number of hydrogen-bond donors (Lipinski definition) is 1. The molecule has 2 aliphatic rings. The smallest absolute Gasteiger partial charge is 0.253 e. The quantitative estimate of drug-likeness (QED) is 0.399. The summed E-state index contributed by atoms with van der Waals surface area (Å²) in [6.07, 6.45) is 4.47.